The molecule has 0 heterocycles. The Bertz CT molecular complexity index is 472. The lowest BCUT2D eigenvalue weighted by molar-refractivity contribution is 0.0635. The van der Waals surface area contributed by atoms with Crippen molar-refractivity contribution < 1.29 is 18.8 Å². The molecule has 1 unspecified atom stereocenters. The summed E-state index contributed by atoms with van der Waals surface area (Å²) in [6, 6.07) is 4.10. The largest absolute Gasteiger partial charge is 0.444 e. The fraction of sp³-hybridized carbons (Fsp3) is 0.500. The van der Waals surface area contributed by atoms with Crippen molar-refractivity contribution in [1.82, 2.24) is 0 Å². The standard InChI is InChI=1S/C14H21FN2O3/c1-9(8-19-16)11-7-10(15)5-6-12(11)17-13(18)20-14(2,3)4/h5-7,9H,8,16H2,1-4H3,(H,17,18). The number of nitrogens with two attached hydrogens (primary N) is 1. The fourth-order valence-electron chi connectivity index (χ4n) is 1.70. The molecule has 5 nitrogen and oxygen atoms in total. The minimum atomic E-state index is -0.601. The summed E-state index contributed by atoms with van der Waals surface area (Å²) in [6.45, 7) is 7.34. The molecule has 0 aliphatic carbocycles. The van der Waals surface area contributed by atoms with E-state index in [1.807, 2.05) is 6.92 Å². The van der Waals surface area contributed by atoms with Gasteiger partial charge in [-0.05, 0) is 44.5 Å². The second-order valence-electron chi connectivity index (χ2n) is 5.59. The van der Waals surface area contributed by atoms with Crippen LogP contribution in [0.4, 0.5) is 14.9 Å². The lowest BCUT2D eigenvalue weighted by Crippen LogP contribution is -2.27. The Kier molecular flexibility index (Phi) is 5.47. The summed E-state index contributed by atoms with van der Waals surface area (Å²) < 4.78 is 18.5. The predicted octanol–water partition coefficient (Wildman–Crippen LogP) is 3.17. The van der Waals surface area contributed by atoms with Gasteiger partial charge in [-0.3, -0.25) is 5.32 Å². The van der Waals surface area contributed by atoms with Crippen LogP contribution < -0.4 is 11.2 Å². The first-order valence-corrected chi connectivity index (χ1v) is 6.34. The van der Waals surface area contributed by atoms with E-state index in [0.29, 0.717) is 11.3 Å². The summed E-state index contributed by atoms with van der Waals surface area (Å²) in [7, 11) is 0. The van der Waals surface area contributed by atoms with Crippen molar-refractivity contribution in [3.63, 3.8) is 0 Å². The van der Waals surface area contributed by atoms with E-state index in [-0.39, 0.29) is 12.5 Å². The Hall–Kier alpha value is -1.66. The number of hydrogen-bond acceptors (Lipinski definition) is 4. The van der Waals surface area contributed by atoms with E-state index in [1.54, 1.807) is 20.8 Å². The number of benzene rings is 1. The van der Waals surface area contributed by atoms with Crippen LogP contribution in [0.15, 0.2) is 18.2 Å². The molecule has 0 aliphatic heterocycles. The maximum Gasteiger partial charge on any atom is 0.412 e. The third-order valence-electron chi connectivity index (χ3n) is 2.53. The van der Waals surface area contributed by atoms with Crippen molar-refractivity contribution in [1.29, 1.82) is 0 Å². The van der Waals surface area contributed by atoms with Crippen molar-refractivity contribution in [3.8, 4) is 0 Å². The van der Waals surface area contributed by atoms with Crippen LogP contribution in [-0.2, 0) is 9.57 Å². The summed E-state index contributed by atoms with van der Waals surface area (Å²) in [5, 5.41) is 2.61. The predicted molar refractivity (Wildman–Crippen MR) is 74.8 cm³/mol. The number of nitrogens with one attached hydrogen (secondary N) is 1. The lowest BCUT2D eigenvalue weighted by atomic mass is 10.00. The first kappa shape index (κ1) is 16.4. The molecule has 0 aliphatic rings. The van der Waals surface area contributed by atoms with Crippen molar-refractivity contribution in [2.75, 3.05) is 11.9 Å². The van der Waals surface area contributed by atoms with Crippen LogP contribution >= 0.6 is 0 Å². The van der Waals surface area contributed by atoms with Gasteiger partial charge >= 0.3 is 6.09 Å². The maximum atomic E-state index is 13.3. The first-order chi connectivity index (χ1) is 9.23. The van der Waals surface area contributed by atoms with Crippen LogP contribution in [0.25, 0.3) is 0 Å². The normalized spacial score (nSPS) is 12.9. The van der Waals surface area contributed by atoms with E-state index < -0.39 is 17.5 Å². The molecule has 0 saturated heterocycles. The molecule has 1 aromatic carbocycles. The Morgan fingerprint density at radius 1 is 1.45 bits per heavy atom. The Balaban J connectivity index is 2.91. The van der Waals surface area contributed by atoms with Gasteiger partial charge in [0.15, 0.2) is 0 Å². The zero-order chi connectivity index (χ0) is 15.3. The van der Waals surface area contributed by atoms with Crippen LogP contribution in [0, 0.1) is 5.82 Å². The third kappa shape index (κ3) is 5.14. The molecule has 20 heavy (non-hydrogen) atoms. The summed E-state index contributed by atoms with van der Waals surface area (Å²) in [6.07, 6.45) is -0.591. The van der Waals surface area contributed by atoms with Crippen molar-refractivity contribution in [2.24, 2.45) is 5.90 Å². The van der Waals surface area contributed by atoms with E-state index in [4.69, 9.17) is 10.6 Å². The number of ether oxygens (including phenoxy) is 1. The SMILES string of the molecule is CC(CON)c1cc(F)ccc1NC(=O)OC(C)(C)C. The fourth-order valence-corrected chi connectivity index (χ4v) is 1.70. The van der Waals surface area contributed by atoms with Crippen LogP contribution in [0.5, 0.6) is 0 Å². The van der Waals surface area contributed by atoms with E-state index in [9.17, 15) is 9.18 Å². The molecule has 3 N–H and O–H groups in total. The quantitative estimate of drug-likeness (QED) is 0.833. The van der Waals surface area contributed by atoms with Gasteiger partial charge < -0.3 is 9.57 Å². The zero-order valence-electron chi connectivity index (χ0n) is 12.2. The van der Waals surface area contributed by atoms with E-state index in [1.165, 1.54) is 18.2 Å². The van der Waals surface area contributed by atoms with E-state index in [2.05, 4.69) is 10.2 Å². The molecular formula is C14H21FN2O3. The Morgan fingerprint density at radius 3 is 2.65 bits per heavy atom. The highest BCUT2D eigenvalue weighted by Crippen LogP contribution is 2.26. The van der Waals surface area contributed by atoms with Crippen molar-refractivity contribution >= 4 is 11.8 Å². The highest BCUT2D eigenvalue weighted by atomic mass is 19.1. The number of halogens is 1. The highest BCUT2D eigenvalue weighted by molar-refractivity contribution is 5.86. The van der Waals surface area contributed by atoms with E-state index >= 15 is 0 Å². The van der Waals surface area contributed by atoms with Gasteiger partial charge in [0.1, 0.15) is 11.4 Å². The van der Waals surface area contributed by atoms with Gasteiger partial charge in [-0.15, -0.1) is 0 Å². The molecule has 0 fully saturated rings. The molecule has 0 aromatic heterocycles. The van der Waals surface area contributed by atoms with Gasteiger partial charge in [-0.25, -0.2) is 15.1 Å². The topological polar surface area (TPSA) is 73.6 Å². The number of carbonyl (C=O) groups is 1. The number of anilines is 1. The molecule has 0 radical (unpaired) electrons. The summed E-state index contributed by atoms with van der Waals surface area (Å²) in [5.74, 6) is 4.48. The van der Waals surface area contributed by atoms with Gasteiger partial charge in [0, 0.05) is 11.6 Å². The van der Waals surface area contributed by atoms with Gasteiger partial charge in [0.2, 0.25) is 0 Å². The zero-order valence-corrected chi connectivity index (χ0v) is 12.2. The number of carbonyl (C=O) groups excluding carboxylic acids is 1. The molecule has 6 heteroatoms. The van der Waals surface area contributed by atoms with Crippen LogP contribution in [-0.4, -0.2) is 18.3 Å². The minimum absolute atomic E-state index is 0.166. The molecule has 1 rings (SSSR count). The molecule has 0 spiro atoms. The Labute approximate surface area is 118 Å². The van der Waals surface area contributed by atoms with Gasteiger partial charge in [0.05, 0.1) is 6.61 Å². The monoisotopic (exact) mass is 284 g/mol. The Morgan fingerprint density at radius 2 is 2.10 bits per heavy atom. The molecule has 0 saturated carbocycles. The summed E-state index contributed by atoms with van der Waals surface area (Å²) in [4.78, 5) is 16.3. The maximum absolute atomic E-state index is 13.3. The van der Waals surface area contributed by atoms with Gasteiger partial charge in [-0.1, -0.05) is 6.92 Å². The second-order valence-corrected chi connectivity index (χ2v) is 5.59. The molecule has 0 bridgehead atoms. The van der Waals surface area contributed by atoms with Crippen molar-refractivity contribution in [3.05, 3.63) is 29.6 Å². The van der Waals surface area contributed by atoms with Gasteiger partial charge in [0.25, 0.3) is 0 Å². The van der Waals surface area contributed by atoms with Crippen LogP contribution in [0.2, 0.25) is 0 Å². The molecule has 112 valence electrons. The highest BCUT2D eigenvalue weighted by Gasteiger charge is 2.19. The molecule has 1 amide bonds. The number of rotatable bonds is 4. The summed E-state index contributed by atoms with van der Waals surface area (Å²) in [5.41, 5.74) is 0.475. The number of amides is 1. The third-order valence-corrected chi connectivity index (χ3v) is 2.53. The van der Waals surface area contributed by atoms with Crippen LogP contribution in [0.1, 0.15) is 39.2 Å². The average Bonchev–Trinajstić information content (AvgIpc) is 2.29. The average molecular weight is 284 g/mol. The van der Waals surface area contributed by atoms with Gasteiger partial charge in [-0.2, -0.15) is 0 Å². The molecule has 1 atom stereocenters. The van der Waals surface area contributed by atoms with E-state index in [0.717, 1.165) is 0 Å². The second kappa shape index (κ2) is 6.67. The summed E-state index contributed by atoms with van der Waals surface area (Å²) >= 11 is 0. The smallest absolute Gasteiger partial charge is 0.412 e. The minimum Gasteiger partial charge on any atom is -0.444 e. The van der Waals surface area contributed by atoms with Crippen molar-refractivity contribution in [2.45, 2.75) is 39.2 Å². The molecular weight excluding hydrogens is 263 g/mol. The number of hydrogen-bond donors (Lipinski definition) is 2. The van der Waals surface area contributed by atoms with Crippen LogP contribution in [0.3, 0.4) is 0 Å². The lowest BCUT2D eigenvalue weighted by Gasteiger charge is -2.21. The molecule has 1 aromatic rings. The first-order valence-electron chi connectivity index (χ1n) is 6.34.